The highest BCUT2D eigenvalue weighted by Crippen LogP contribution is 2.12. The summed E-state index contributed by atoms with van der Waals surface area (Å²) < 4.78 is 1.62. The Labute approximate surface area is 111 Å². The zero-order valence-electron chi connectivity index (χ0n) is 10.9. The average molecular weight is 257 g/mol. The van der Waals surface area contributed by atoms with Crippen molar-refractivity contribution >= 4 is 17.4 Å². The molecule has 1 aromatic carbocycles. The van der Waals surface area contributed by atoms with Crippen LogP contribution in [0.2, 0.25) is 0 Å². The molecule has 0 saturated heterocycles. The molecule has 1 heterocycles. The summed E-state index contributed by atoms with van der Waals surface area (Å²) >= 11 is 0. The Hall–Kier alpha value is -2.43. The van der Waals surface area contributed by atoms with Crippen LogP contribution in [0.1, 0.15) is 34.7 Å². The first-order valence-corrected chi connectivity index (χ1v) is 6.06. The number of carbonyl (C=O) groups is 2. The molecular weight excluding hydrogens is 242 g/mol. The van der Waals surface area contributed by atoms with Crippen molar-refractivity contribution in [3.63, 3.8) is 0 Å². The summed E-state index contributed by atoms with van der Waals surface area (Å²) in [5, 5.41) is 6.81. The molecule has 0 spiro atoms. The van der Waals surface area contributed by atoms with Gasteiger partial charge < -0.3 is 5.32 Å². The van der Waals surface area contributed by atoms with Gasteiger partial charge in [-0.3, -0.25) is 14.3 Å². The van der Waals surface area contributed by atoms with E-state index in [1.165, 1.54) is 6.92 Å². The zero-order valence-corrected chi connectivity index (χ0v) is 10.9. The third-order valence-electron chi connectivity index (χ3n) is 2.78. The molecule has 0 saturated carbocycles. The van der Waals surface area contributed by atoms with Crippen molar-refractivity contribution in [1.29, 1.82) is 0 Å². The predicted molar refractivity (Wildman–Crippen MR) is 72.3 cm³/mol. The minimum atomic E-state index is -0.236. The third kappa shape index (κ3) is 2.88. The lowest BCUT2D eigenvalue weighted by Crippen LogP contribution is -2.17. The maximum atomic E-state index is 12.1. The second-order valence-corrected chi connectivity index (χ2v) is 4.12. The third-order valence-corrected chi connectivity index (χ3v) is 2.78. The fourth-order valence-electron chi connectivity index (χ4n) is 1.79. The number of aryl methyl sites for hydroxylation is 1. The van der Waals surface area contributed by atoms with E-state index >= 15 is 0 Å². The number of amides is 1. The lowest BCUT2D eigenvalue weighted by Gasteiger charge is -2.07. The highest BCUT2D eigenvalue weighted by atomic mass is 16.2. The number of hydrogen-bond donors (Lipinski definition) is 1. The van der Waals surface area contributed by atoms with Crippen molar-refractivity contribution < 1.29 is 9.59 Å². The van der Waals surface area contributed by atoms with Gasteiger partial charge in [0.25, 0.3) is 5.91 Å². The normalized spacial score (nSPS) is 10.2. The molecular formula is C14H15N3O2. The molecule has 0 aliphatic heterocycles. The minimum Gasteiger partial charge on any atom is -0.321 e. The highest BCUT2D eigenvalue weighted by Gasteiger charge is 2.11. The lowest BCUT2D eigenvalue weighted by molar-refractivity contribution is 0.100. The van der Waals surface area contributed by atoms with E-state index < -0.39 is 0 Å². The maximum Gasteiger partial charge on any atom is 0.273 e. The molecule has 5 heteroatoms. The number of aromatic nitrogens is 2. The lowest BCUT2D eigenvalue weighted by atomic mass is 10.1. The molecule has 1 N–H and O–H groups in total. The van der Waals surface area contributed by atoms with Crippen molar-refractivity contribution in [2.24, 2.45) is 0 Å². The van der Waals surface area contributed by atoms with Gasteiger partial charge in [-0.15, -0.1) is 0 Å². The van der Waals surface area contributed by atoms with Crippen LogP contribution in [-0.4, -0.2) is 21.5 Å². The number of nitrogens with one attached hydrogen (secondary N) is 1. The van der Waals surface area contributed by atoms with E-state index in [1.807, 2.05) is 6.92 Å². The van der Waals surface area contributed by atoms with Gasteiger partial charge in [0, 0.05) is 24.0 Å². The molecule has 98 valence electrons. The highest BCUT2D eigenvalue weighted by molar-refractivity contribution is 6.04. The van der Waals surface area contributed by atoms with Crippen molar-refractivity contribution in [2.45, 2.75) is 20.4 Å². The Morgan fingerprint density at radius 1 is 1.32 bits per heavy atom. The van der Waals surface area contributed by atoms with Crippen LogP contribution in [0.4, 0.5) is 5.69 Å². The van der Waals surface area contributed by atoms with Crippen LogP contribution >= 0.6 is 0 Å². The number of nitrogens with zero attached hydrogens (tertiary/aromatic N) is 2. The Balaban J connectivity index is 2.19. The summed E-state index contributed by atoms with van der Waals surface area (Å²) in [6.45, 7) is 4.04. The molecule has 19 heavy (non-hydrogen) atoms. The fraction of sp³-hybridized carbons (Fsp3) is 0.214. The van der Waals surface area contributed by atoms with Crippen molar-refractivity contribution in [2.75, 3.05) is 5.32 Å². The van der Waals surface area contributed by atoms with Crippen LogP contribution in [0, 0.1) is 0 Å². The molecule has 0 bridgehead atoms. The Kier molecular flexibility index (Phi) is 3.75. The van der Waals surface area contributed by atoms with Crippen molar-refractivity contribution in [1.82, 2.24) is 9.78 Å². The average Bonchev–Trinajstić information content (AvgIpc) is 2.87. The van der Waals surface area contributed by atoms with Gasteiger partial charge >= 0.3 is 0 Å². The van der Waals surface area contributed by atoms with Crippen LogP contribution < -0.4 is 5.32 Å². The molecule has 0 aliphatic carbocycles. The smallest absolute Gasteiger partial charge is 0.273 e. The van der Waals surface area contributed by atoms with E-state index in [-0.39, 0.29) is 11.7 Å². The molecule has 2 aromatic rings. The number of Topliss-reactive ketones (excluding diaryl/α,β-unsaturated/α-hetero) is 1. The molecule has 0 fully saturated rings. The van der Waals surface area contributed by atoms with Gasteiger partial charge in [0.2, 0.25) is 0 Å². The number of benzene rings is 1. The molecule has 1 aromatic heterocycles. The van der Waals surface area contributed by atoms with Crippen LogP contribution in [-0.2, 0) is 6.54 Å². The molecule has 1 amide bonds. The van der Waals surface area contributed by atoms with Crippen LogP contribution in [0.5, 0.6) is 0 Å². The van der Waals surface area contributed by atoms with E-state index in [0.717, 1.165) is 0 Å². The van der Waals surface area contributed by atoms with Gasteiger partial charge in [-0.25, -0.2) is 0 Å². The summed E-state index contributed by atoms with van der Waals surface area (Å²) in [5.74, 6) is -0.269. The van der Waals surface area contributed by atoms with Gasteiger partial charge in [0.15, 0.2) is 5.78 Å². The SMILES string of the molecule is CCn1nccc1C(=O)Nc1cccc(C(C)=O)c1. The van der Waals surface area contributed by atoms with Gasteiger partial charge in [-0.1, -0.05) is 12.1 Å². The monoisotopic (exact) mass is 257 g/mol. The summed E-state index contributed by atoms with van der Waals surface area (Å²) in [4.78, 5) is 23.4. The maximum absolute atomic E-state index is 12.1. The number of anilines is 1. The van der Waals surface area contributed by atoms with Gasteiger partial charge in [0.05, 0.1) is 0 Å². The predicted octanol–water partition coefficient (Wildman–Crippen LogP) is 2.36. The zero-order chi connectivity index (χ0) is 13.8. The number of hydrogen-bond acceptors (Lipinski definition) is 3. The summed E-state index contributed by atoms with van der Waals surface area (Å²) in [7, 11) is 0. The minimum absolute atomic E-state index is 0.0327. The van der Waals surface area contributed by atoms with E-state index in [4.69, 9.17) is 0 Å². The summed E-state index contributed by atoms with van der Waals surface area (Å²) in [6, 6.07) is 8.52. The Morgan fingerprint density at radius 2 is 2.11 bits per heavy atom. The van der Waals surface area contributed by atoms with Crippen molar-refractivity contribution in [3.8, 4) is 0 Å². The quantitative estimate of drug-likeness (QED) is 0.855. The van der Waals surface area contributed by atoms with Crippen LogP contribution in [0.25, 0.3) is 0 Å². The second kappa shape index (κ2) is 5.48. The number of ketones is 1. The first kappa shape index (κ1) is 13.0. The molecule has 0 unspecified atom stereocenters. The topological polar surface area (TPSA) is 64.0 Å². The molecule has 0 aliphatic rings. The molecule has 0 radical (unpaired) electrons. The van der Waals surface area contributed by atoms with Gasteiger partial charge in [0.1, 0.15) is 5.69 Å². The first-order chi connectivity index (χ1) is 9.11. The standard InChI is InChI=1S/C14H15N3O2/c1-3-17-13(7-8-15-17)14(19)16-12-6-4-5-11(9-12)10(2)18/h4-9H,3H2,1-2H3,(H,16,19). The summed E-state index contributed by atoms with van der Waals surface area (Å²) in [6.07, 6.45) is 1.59. The second-order valence-electron chi connectivity index (χ2n) is 4.12. The molecule has 2 rings (SSSR count). The van der Waals surface area contributed by atoms with E-state index in [0.29, 0.717) is 23.5 Å². The van der Waals surface area contributed by atoms with Gasteiger partial charge in [-0.05, 0) is 32.0 Å². The fourth-order valence-corrected chi connectivity index (χ4v) is 1.79. The molecule has 5 nitrogen and oxygen atoms in total. The first-order valence-electron chi connectivity index (χ1n) is 6.06. The van der Waals surface area contributed by atoms with Crippen LogP contribution in [0.15, 0.2) is 36.5 Å². The Bertz CT molecular complexity index is 617. The number of carbonyl (C=O) groups excluding carboxylic acids is 2. The largest absolute Gasteiger partial charge is 0.321 e. The van der Waals surface area contributed by atoms with Crippen molar-refractivity contribution in [3.05, 3.63) is 47.8 Å². The van der Waals surface area contributed by atoms with Crippen LogP contribution in [0.3, 0.4) is 0 Å². The van der Waals surface area contributed by atoms with E-state index in [9.17, 15) is 9.59 Å². The Morgan fingerprint density at radius 3 is 2.79 bits per heavy atom. The van der Waals surface area contributed by atoms with E-state index in [2.05, 4.69) is 10.4 Å². The van der Waals surface area contributed by atoms with E-state index in [1.54, 1.807) is 41.2 Å². The summed E-state index contributed by atoms with van der Waals surface area (Å²) in [5.41, 5.74) is 1.67. The van der Waals surface area contributed by atoms with Gasteiger partial charge in [-0.2, -0.15) is 5.10 Å². The number of rotatable bonds is 4. The molecule has 0 atom stereocenters.